The fourth-order valence-corrected chi connectivity index (χ4v) is 4.73. The van der Waals surface area contributed by atoms with E-state index in [0.717, 1.165) is 37.1 Å². The van der Waals surface area contributed by atoms with E-state index in [1.165, 1.54) is 12.1 Å². The number of benzene rings is 2. The Balaban J connectivity index is 1.42. The van der Waals surface area contributed by atoms with Gasteiger partial charge in [-0.3, -0.25) is 9.48 Å². The maximum Gasteiger partial charge on any atom is 0.487 e. The van der Waals surface area contributed by atoms with Gasteiger partial charge in [-0.25, -0.2) is 0 Å². The first-order chi connectivity index (χ1) is 16.3. The number of carbonyl (C=O) groups is 1. The van der Waals surface area contributed by atoms with E-state index in [1.807, 2.05) is 23.0 Å². The van der Waals surface area contributed by atoms with Crippen molar-refractivity contribution >= 4 is 40.6 Å². The second-order valence-corrected chi connectivity index (χ2v) is 9.34. The molecule has 2 aromatic carbocycles. The van der Waals surface area contributed by atoms with Crippen molar-refractivity contribution in [1.82, 2.24) is 9.78 Å². The van der Waals surface area contributed by atoms with Gasteiger partial charge in [0, 0.05) is 47.0 Å². The van der Waals surface area contributed by atoms with E-state index in [1.54, 1.807) is 18.2 Å². The maximum atomic E-state index is 13.1. The third-order valence-corrected chi connectivity index (χ3v) is 6.76. The number of carbonyl (C=O) groups excluding carboxylic acids is 1. The summed E-state index contributed by atoms with van der Waals surface area (Å²) in [5.41, 5.74) is 0.270. The first kappa shape index (κ1) is 22.9. The molecule has 1 aliphatic heterocycles. The van der Waals surface area contributed by atoms with Crippen molar-refractivity contribution in [3.05, 3.63) is 59.8 Å². The van der Waals surface area contributed by atoms with Crippen LogP contribution in [0.2, 0.25) is 0 Å². The van der Waals surface area contributed by atoms with Crippen molar-refractivity contribution in [2.75, 3.05) is 23.1 Å². The highest BCUT2D eigenvalue weighted by atomic mass is 35.5. The molecule has 2 N–H and O–H groups in total. The molecule has 1 aliphatic carbocycles. The Hall–Kier alpha value is -2.84. The van der Waals surface area contributed by atoms with Crippen molar-refractivity contribution < 1.29 is 18.3 Å². The number of nitrogens with zero attached hydrogens (tertiary/aromatic N) is 2. The highest BCUT2D eigenvalue weighted by molar-refractivity contribution is 6.20. The van der Waals surface area contributed by atoms with Crippen LogP contribution in [0, 0.1) is 5.92 Å². The largest absolute Gasteiger partial charge is 0.487 e. The van der Waals surface area contributed by atoms with Gasteiger partial charge in [0.1, 0.15) is 5.75 Å². The van der Waals surface area contributed by atoms with E-state index < -0.39 is 5.57 Å². The van der Waals surface area contributed by atoms with Crippen molar-refractivity contribution in [2.24, 2.45) is 5.92 Å². The van der Waals surface area contributed by atoms with Gasteiger partial charge >= 0.3 is 5.57 Å². The number of fused-ring (bicyclic) bond motifs is 1. The van der Waals surface area contributed by atoms with Gasteiger partial charge in [-0.1, -0.05) is 12.1 Å². The van der Waals surface area contributed by atoms with Gasteiger partial charge in [0.2, 0.25) is 0 Å². The second-order valence-electron chi connectivity index (χ2n) is 8.59. The van der Waals surface area contributed by atoms with Crippen molar-refractivity contribution in [1.29, 1.82) is 0 Å². The zero-order valence-corrected chi connectivity index (χ0v) is 19.5. The number of alkyl halides is 4. The molecule has 178 valence electrons. The Morgan fingerprint density at radius 3 is 2.71 bits per heavy atom. The van der Waals surface area contributed by atoms with Crippen LogP contribution in [-0.2, 0) is 6.42 Å². The van der Waals surface area contributed by atoms with E-state index in [2.05, 4.69) is 20.5 Å². The van der Waals surface area contributed by atoms with Gasteiger partial charge in [-0.2, -0.15) is 5.10 Å². The lowest BCUT2D eigenvalue weighted by Crippen LogP contribution is -2.28. The summed E-state index contributed by atoms with van der Waals surface area (Å²) < 4.78 is 32.1. The number of rotatable bonds is 7. The summed E-state index contributed by atoms with van der Waals surface area (Å²) in [5, 5.41) is 10.9. The standard InChI is InChI=1S/C24H22Cl2F2N4O2/c25-12-14-9-18(10-14)32-13-20(15-1-4-19(5-2-15)34-24(26,27)28)22(31-32)30-23(33)17-3-6-21-16(11-17)7-8-29-21/h1-6,11,13-14,18,29H,7-10,12H2,(H,30,31,33). The highest BCUT2D eigenvalue weighted by Crippen LogP contribution is 2.40. The lowest BCUT2D eigenvalue weighted by atomic mass is 9.82. The molecular formula is C24H22Cl2F2N4O2. The predicted octanol–water partition coefficient (Wildman–Crippen LogP) is 6.13. The van der Waals surface area contributed by atoms with E-state index in [0.29, 0.717) is 34.3 Å². The minimum Gasteiger partial charge on any atom is -0.420 e. The maximum absolute atomic E-state index is 13.1. The van der Waals surface area contributed by atoms with Gasteiger partial charge in [0.05, 0.1) is 6.04 Å². The molecule has 0 radical (unpaired) electrons. The molecule has 0 spiro atoms. The van der Waals surface area contributed by atoms with E-state index >= 15 is 0 Å². The summed E-state index contributed by atoms with van der Waals surface area (Å²) in [5.74, 6) is 1.11. The molecule has 3 aromatic rings. The van der Waals surface area contributed by atoms with Gasteiger partial charge in [-0.15, -0.1) is 20.4 Å². The predicted molar refractivity (Wildman–Crippen MR) is 128 cm³/mol. The average molecular weight is 507 g/mol. The Morgan fingerprint density at radius 1 is 1.24 bits per heavy atom. The lowest BCUT2D eigenvalue weighted by molar-refractivity contribution is -0.0964. The molecule has 0 unspecified atom stereocenters. The zero-order chi connectivity index (χ0) is 23.9. The molecule has 2 heterocycles. The number of halogens is 4. The molecule has 6 nitrogen and oxygen atoms in total. The number of aromatic nitrogens is 2. The van der Waals surface area contributed by atoms with Crippen molar-refractivity contribution in [3.8, 4) is 16.9 Å². The van der Waals surface area contributed by atoms with E-state index in [4.69, 9.17) is 23.2 Å². The van der Waals surface area contributed by atoms with Gasteiger partial charge in [0.15, 0.2) is 5.82 Å². The summed E-state index contributed by atoms with van der Waals surface area (Å²) in [4.78, 5) is 13.1. The Kier molecular flexibility index (Phi) is 6.12. The first-order valence-electron chi connectivity index (χ1n) is 11.0. The van der Waals surface area contributed by atoms with Crippen LogP contribution in [0.25, 0.3) is 11.1 Å². The number of anilines is 2. The number of hydrogen-bond donors (Lipinski definition) is 2. The van der Waals surface area contributed by atoms with Crippen LogP contribution in [0.1, 0.15) is 34.8 Å². The van der Waals surface area contributed by atoms with Gasteiger partial charge in [-0.05, 0) is 66.6 Å². The normalized spacial score (nSPS) is 19.2. The number of amides is 1. The van der Waals surface area contributed by atoms with Crippen molar-refractivity contribution in [3.63, 3.8) is 0 Å². The Bertz CT molecular complexity index is 1200. The Labute approximate surface area is 205 Å². The molecule has 2 aliphatic rings. The smallest absolute Gasteiger partial charge is 0.420 e. The van der Waals surface area contributed by atoms with Crippen LogP contribution in [0.4, 0.5) is 20.3 Å². The number of ether oxygens (including phenoxy) is 1. The summed E-state index contributed by atoms with van der Waals surface area (Å²) in [6, 6.07) is 11.8. The second kappa shape index (κ2) is 9.07. The third-order valence-electron chi connectivity index (χ3n) is 6.24. The molecule has 0 bridgehead atoms. The molecule has 1 saturated carbocycles. The molecule has 0 atom stereocenters. The van der Waals surface area contributed by atoms with Crippen LogP contribution in [0.15, 0.2) is 48.7 Å². The van der Waals surface area contributed by atoms with Crippen LogP contribution >= 0.6 is 23.2 Å². The fraction of sp³-hybridized carbons (Fsp3) is 0.333. The topological polar surface area (TPSA) is 68.2 Å². The van der Waals surface area contributed by atoms with Gasteiger partial charge in [0.25, 0.3) is 5.91 Å². The summed E-state index contributed by atoms with van der Waals surface area (Å²) in [6.45, 7) is 0.856. The first-order valence-corrected chi connectivity index (χ1v) is 11.9. The minimum atomic E-state index is -3.79. The lowest BCUT2D eigenvalue weighted by Gasteiger charge is -2.33. The molecule has 34 heavy (non-hydrogen) atoms. The van der Waals surface area contributed by atoms with E-state index in [9.17, 15) is 13.6 Å². The number of hydrogen-bond acceptors (Lipinski definition) is 4. The molecule has 1 aromatic heterocycles. The van der Waals surface area contributed by atoms with Crippen molar-refractivity contribution in [2.45, 2.75) is 30.9 Å². The Morgan fingerprint density at radius 2 is 2.00 bits per heavy atom. The third kappa shape index (κ3) is 4.83. The summed E-state index contributed by atoms with van der Waals surface area (Å²) >= 11 is 10.8. The highest BCUT2D eigenvalue weighted by Gasteiger charge is 2.32. The fourth-order valence-electron chi connectivity index (χ4n) is 4.39. The molecular weight excluding hydrogens is 485 g/mol. The molecule has 5 rings (SSSR count). The van der Waals surface area contributed by atoms with Crippen LogP contribution < -0.4 is 15.4 Å². The zero-order valence-electron chi connectivity index (χ0n) is 18.0. The molecule has 0 saturated heterocycles. The molecule has 10 heteroatoms. The minimum absolute atomic E-state index is 0.0718. The van der Waals surface area contributed by atoms with Crippen LogP contribution in [0.3, 0.4) is 0 Å². The van der Waals surface area contributed by atoms with Crippen LogP contribution in [-0.4, -0.2) is 33.7 Å². The monoisotopic (exact) mass is 506 g/mol. The average Bonchev–Trinajstić information content (AvgIpc) is 3.39. The molecule has 1 fully saturated rings. The summed E-state index contributed by atoms with van der Waals surface area (Å²) in [6.07, 6.45) is 4.56. The molecule has 1 amide bonds. The summed E-state index contributed by atoms with van der Waals surface area (Å²) in [7, 11) is 0. The quantitative estimate of drug-likeness (QED) is 0.378. The van der Waals surface area contributed by atoms with Gasteiger partial charge < -0.3 is 15.4 Å². The number of nitrogens with one attached hydrogen (secondary N) is 2. The SMILES string of the molecule is O=C(Nc1nn(C2CC(CCl)C2)cc1-c1ccc(OC(F)(F)Cl)cc1)c1ccc2c(c1)CCN2. The van der Waals surface area contributed by atoms with E-state index in [-0.39, 0.29) is 17.7 Å². The van der Waals surface area contributed by atoms with Crippen LogP contribution in [0.5, 0.6) is 5.75 Å².